The van der Waals surface area contributed by atoms with Gasteiger partial charge in [-0.15, -0.1) is 4.47 Å². The Kier molecular flexibility index (Phi) is 6.66. The molecule has 0 aliphatic rings. The Morgan fingerprint density at radius 2 is 1.67 bits per heavy atom. The maximum atomic E-state index is 13.3. The van der Waals surface area contributed by atoms with E-state index in [0.29, 0.717) is 15.9 Å². The maximum absolute atomic E-state index is 13.3. The van der Waals surface area contributed by atoms with Crippen molar-refractivity contribution in [3.8, 4) is 0 Å². The number of nitrogens with zero attached hydrogens (tertiary/aromatic N) is 4. The third-order valence-electron chi connectivity index (χ3n) is 3.90. The van der Waals surface area contributed by atoms with Gasteiger partial charge in [0.1, 0.15) is 11.5 Å². The van der Waals surface area contributed by atoms with Crippen molar-refractivity contribution in [1.82, 2.24) is 14.4 Å². The summed E-state index contributed by atoms with van der Waals surface area (Å²) in [6.45, 7) is 3.48. The first kappa shape index (κ1) is 21.7. The number of sulfonamides is 1. The van der Waals surface area contributed by atoms with E-state index in [1.54, 1.807) is 44.2 Å². The molecule has 2 aromatic carbocycles. The number of guanidine groups is 1. The topological polar surface area (TPSA) is 111 Å². The molecular weight excluding hydrogens is 426 g/mol. The van der Waals surface area contributed by atoms with Crippen LogP contribution in [0.2, 0.25) is 5.02 Å². The largest absolute Gasteiger partial charge is 0.367 e. The highest BCUT2D eigenvalue weighted by atomic mass is 35.5. The van der Waals surface area contributed by atoms with Crippen molar-refractivity contribution in [2.24, 2.45) is 10.7 Å². The molecule has 10 heteroatoms. The summed E-state index contributed by atoms with van der Waals surface area (Å²) in [7, 11) is -4.27. The minimum atomic E-state index is -4.27. The molecule has 0 amide bonds. The van der Waals surface area contributed by atoms with Crippen LogP contribution in [0.1, 0.15) is 17.0 Å². The second-order valence-electron chi connectivity index (χ2n) is 6.34. The fourth-order valence-corrected chi connectivity index (χ4v) is 4.26. The van der Waals surface area contributed by atoms with E-state index in [2.05, 4.69) is 15.0 Å². The summed E-state index contributed by atoms with van der Waals surface area (Å²) in [4.78, 5) is 17.8. The molecule has 1 heterocycles. The Morgan fingerprint density at radius 3 is 2.30 bits per heavy atom. The smallest absolute Gasteiger partial charge is 0.290 e. The molecule has 3 rings (SSSR count). The van der Waals surface area contributed by atoms with Gasteiger partial charge in [-0.3, -0.25) is 4.84 Å². The summed E-state index contributed by atoms with van der Waals surface area (Å²) in [5, 5.41) is 0.0289. The first-order valence-electron chi connectivity index (χ1n) is 8.90. The van der Waals surface area contributed by atoms with Crippen molar-refractivity contribution >= 4 is 33.5 Å². The molecule has 0 aliphatic carbocycles. The standard InChI is InChI=1S/C20H20ClN5O3S/c1-14-12-15(2)24-20(23-14)25-19(22)26(29-13-16-8-4-3-5-9-16)30(27,28)18-11-7-6-10-17(18)21/h3-12H,13H2,1-2H3,(H2,22,23,24,25). The average molecular weight is 446 g/mol. The number of nitrogens with two attached hydrogens (primary N) is 1. The highest BCUT2D eigenvalue weighted by molar-refractivity contribution is 7.89. The molecule has 0 spiro atoms. The van der Waals surface area contributed by atoms with E-state index in [9.17, 15) is 8.42 Å². The van der Waals surface area contributed by atoms with Crippen LogP contribution in [-0.2, 0) is 21.5 Å². The quantitative estimate of drug-likeness (QED) is 0.353. The number of aryl methyl sites for hydroxylation is 2. The van der Waals surface area contributed by atoms with Gasteiger partial charge in [-0.2, -0.15) is 13.4 Å². The molecule has 0 bridgehead atoms. The van der Waals surface area contributed by atoms with Crippen LogP contribution < -0.4 is 5.73 Å². The highest BCUT2D eigenvalue weighted by Crippen LogP contribution is 2.25. The molecule has 2 N–H and O–H groups in total. The van der Waals surface area contributed by atoms with E-state index in [0.717, 1.165) is 5.56 Å². The Balaban J connectivity index is 2.02. The van der Waals surface area contributed by atoms with Crippen molar-refractivity contribution in [2.75, 3.05) is 0 Å². The predicted octanol–water partition coefficient (Wildman–Crippen LogP) is 3.52. The van der Waals surface area contributed by atoms with E-state index in [4.69, 9.17) is 22.2 Å². The zero-order valence-corrected chi connectivity index (χ0v) is 17.9. The lowest BCUT2D eigenvalue weighted by Gasteiger charge is -2.22. The lowest BCUT2D eigenvalue weighted by atomic mass is 10.2. The van der Waals surface area contributed by atoms with Gasteiger partial charge in [0.25, 0.3) is 16.0 Å². The van der Waals surface area contributed by atoms with Gasteiger partial charge in [0.2, 0.25) is 5.96 Å². The van der Waals surface area contributed by atoms with Gasteiger partial charge in [-0.05, 0) is 37.6 Å². The number of hydrogen-bond donors (Lipinski definition) is 1. The Bertz CT molecular complexity index is 1150. The maximum Gasteiger partial charge on any atom is 0.290 e. The van der Waals surface area contributed by atoms with Crippen LogP contribution in [0.4, 0.5) is 5.95 Å². The SMILES string of the molecule is Cc1cc(C)nc(N=C(N)N(OCc2ccccc2)S(=O)(=O)c2ccccc2Cl)n1. The second kappa shape index (κ2) is 9.21. The molecule has 0 unspecified atom stereocenters. The summed E-state index contributed by atoms with van der Waals surface area (Å²) < 4.78 is 27.1. The number of benzene rings is 2. The Morgan fingerprint density at radius 1 is 1.07 bits per heavy atom. The lowest BCUT2D eigenvalue weighted by Crippen LogP contribution is -2.41. The number of rotatable bonds is 6. The molecule has 3 aromatic rings. The number of hydroxylamine groups is 1. The summed E-state index contributed by atoms with van der Waals surface area (Å²) >= 11 is 6.11. The number of aliphatic imine (C=N–C) groups is 1. The molecule has 0 saturated heterocycles. The van der Waals surface area contributed by atoms with Crippen molar-refractivity contribution in [1.29, 1.82) is 0 Å². The Hall–Kier alpha value is -3.01. The van der Waals surface area contributed by atoms with Crippen LogP contribution in [0.5, 0.6) is 0 Å². The van der Waals surface area contributed by atoms with Crippen molar-refractivity contribution in [3.05, 3.63) is 82.6 Å². The van der Waals surface area contributed by atoms with E-state index in [1.165, 1.54) is 12.1 Å². The van der Waals surface area contributed by atoms with Gasteiger partial charge in [0.05, 0.1) is 5.02 Å². The predicted molar refractivity (Wildman–Crippen MR) is 114 cm³/mol. The first-order chi connectivity index (χ1) is 14.3. The molecule has 8 nitrogen and oxygen atoms in total. The van der Waals surface area contributed by atoms with Gasteiger partial charge in [-0.25, -0.2) is 9.97 Å². The van der Waals surface area contributed by atoms with Gasteiger partial charge >= 0.3 is 0 Å². The van der Waals surface area contributed by atoms with Crippen LogP contribution in [0.15, 0.2) is 70.6 Å². The van der Waals surface area contributed by atoms with Crippen LogP contribution in [0.25, 0.3) is 0 Å². The van der Waals surface area contributed by atoms with Crippen molar-refractivity contribution < 1.29 is 13.3 Å². The van der Waals surface area contributed by atoms with Crippen molar-refractivity contribution in [2.45, 2.75) is 25.3 Å². The van der Waals surface area contributed by atoms with Crippen LogP contribution in [0, 0.1) is 13.8 Å². The van der Waals surface area contributed by atoms with E-state index in [1.807, 2.05) is 18.2 Å². The number of aromatic nitrogens is 2. The van der Waals surface area contributed by atoms with E-state index < -0.39 is 16.0 Å². The summed E-state index contributed by atoms with van der Waals surface area (Å²) in [5.74, 6) is -0.427. The summed E-state index contributed by atoms with van der Waals surface area (Å²) in [6, 6.07) is 16.8. The third kappa shape index (κ3) is 5.12. The number of hydrogen-bond acceptors (Lipinski definition) is 6. The lowest BCUT2D eigenvalue weighted by molar-refractivity contribution is -0.0422. The van der Waals surface area contributed by atoms with Crippen molar-refractivity contribution in [3.63, 3.8) is 0 Å². The van der Waals surface area contributed by atoms with Gasteiger partial charge < -0.3 is 5.73 Å². The Labute approximate surface area is 180 Å². The number of halogens is 1. The van der Waals surface area contributed by atoms with E-state index >= 15 is 0 Å². The second-order valence-corrected chi connectivity index (χ2v) is 8.47. The van der Waals surface area contributed by atoms with Gasteiger partial charge in [0.15, 0.2) is 0 Å². The average Bonchev–Trinajstić information content (AvgIpc) is 2.68. The molecule has 0 radical (unpaired) electrons. The monoisotopic (exact) mass is 445 g/mol. The fourth-order valence-electron chi connectivity index (χ4n) is 2.61. The zero-order chi connectivity index (χ0) is 21.7. The van der Waals surface area contributed by atoms with Crippen LogP contribution in [0.3, 0.4) is 0 Å². The minimum Gasteiger partial charge on any atom is -0.367 e. The normalized spacial score (nSPS) is 12.0. The molecule has 30 heavy (non-hydrogen) atoms. The van der Waals surface area contributed by atoms with Gasteiger partial charge in [0, 0.05) is 11.4 Å². The molecule has 0 fully saturated rings. The van der Waals surface area contributed by atoms with E-state index in [-0.39, 0.29) is 22.5 Å². The molecular formula is C20H20ClN5O3S. The molecule has 156 valence electrons. The first-order valence-corrected chi connectivity index (χ1v) is 10.7. The molecule has 0 aliphatic heterocycles. The molecule has 0 saturated carbocycles. The van der Waals surface area contributed by atoms with Gasteiger partial charge in [-0.1, -0.05) is 54.1 Å². The summed E-state index contributed by atoms with van der Waals surface area (Å²) in [5.41, 5.74) is 8.11. The highest BCUT2D eigenvalue weighted by Gasteiger charge is 2.30. The zero-order valence-electron chi connectivity index (χ0n) is 16.4. The minimum absolute atomic E-state index is 0.0210. The third-order valence-corrected chi connectivity index (χ3v) is 5.98. The molecule has 1 aromatic heterocycles. The fraction of sp³-hybridized carbons (Fsp3) is 0.150. The van der Waals surface area contributed by atoms with Crippen LogP contribution >= 0.6 is 11.6 Å². The molecule has 0 atom stereocenters. The van der Waals surface area contributed by atoms with Crippen LogP contribution in [-0.4, -0.2) is 28.8 Å². The summed E-state index contributed by atoms with van der Waals surface area (Å²) in [6.07, 6.45) is 0.